The van der Waals surface area contributed by atoms with E-state index >= 15 is 0 Å². The maximum absolute atomic E-state index is 14.3. The Morgan fingerprint density at radius 1 is 0.778 bits per heavy atom. The SMILES string of the molecule is CCCCC(NC(=O)c1ccc(-c2ccccc2)cc1-c1ccc(Cl)cc1Oc1cccc(CNC(=O)OC(C)(C)C)c1)C(=O)NCc1ccccc1F. The first-order chi connectivity index (χ1) is 25.9. The third-order valence-electron chi connectivity index (χ3n) is 8.45. The maximum Gasteiger partial charge on any atom is 0.407 e. The Bertz CT molecular complexity index is 2080. The molecule has 0 spiro atoms. The molecule has 5 aromatic carbocycles. The quantitative estimate of drug-likeness (QED) is 0.105. The van der Waals surface area contributed by atoms with Crippen LogP contribution in [0, 0.1) is 5.82 Å². The molecule has 3 N–H and O–H groups in total. The number of amides is 3. The Morgan fingerprint density at radius 3 is 2.28 bits per heavy atom. The Labute approximate surface area is 321 Å². The standard InChI is InChI=1S/C44H45ClFN3O5/c1-5-6-19-39(42(51)47-28-32-16-10-11-18-38(32)46)49-41(50)36-22-20-31(30-14-8-7-9-15-30)25-37(36)35-23-21-33(45)26-40(35)53-34-17-12-13-29(24-34)27-48-43(52)54-44(2,3)4/h7-18,20-26,39H,5-6,19,27-28H2,1-4H3,(H,47,51)(H,48,52)(H,49,50). The van der Waals surface area contributed by atoms with Crippen LogP contribution in [0.15, 0.2) is 115 Å². The molecule has 1 atom stereocenters. The fraction of sp³-hybridized carbons (Fsp3) is 0.250. The summed E-state index contributed by atoms with van der Waals surface area (Å²) in [5.74, 6) is -0.398. The maximum atomic E-state index is 14.3. The average molecular weight is 750 g/mol. The lowest BCUT2D eigenvalue weighted by atomic mass is 9.93. The van der Waals surface area contributed by atoms with Gasteiger partial charge in [-0.25, -0.2) is 9.18 Å². The smallest absolute Gasteiger partial charge is 0.407 e. The third-order valence-corrected chi connectivity index (χ3v) is 8.68. The molecule has 0 radical (unpaired) electrons. The van der Waals surface area contributed by atoms with E-state index < -0.39 is 35.4 Å². The summed E-state index contributed by atoms with van der Waals surface area (Å²) in [6.07, 6.45) is 1.37. The normalized spacial score (nSPS) is 11.7. The summed E-state index contributed by atoms with van der Waals surface area (Å²) in [5, 5.41) is 8.94. The van der Waals surface area contributed by atoms with Crippen molar-refractivity contribution >= 4 is 29.5 Å². The van der Waals surface area contributed by atoms with E-state index in [9.17, 15) is 18.8 Å². The van der Waals surface area contributed by atoms with E-state index in [1.165, 1.54) is 6.07 Å². The molecule has 0 aromatic heterocycles. The number of hydrogen-bond acceptors (Lipinski definition) is 5. The summed E-state index contributed by atoms with van der Waals surface area (Å²) >= 11 is 6.52. The van der Waals surface area contributed by atoms with Gasteiger partial charge in [0.2, 0.25) is 5.91 Å². The zero-order valence-electron chi connectivity index (χ0n) is 30.9. The van der Waals surface area contributed by atoms with Crippen molar-refractivity contribution in [3.8, 4) is 33.8 Å². The third kappa shape index (κ3) is 11.2. The van der Waals surface area contributed by atoms with Gasteiger partial charge in [-0.1, -0.05) is 98.1 Å². The zero-order valence-corrected chi connectivity index (χ0v) is 31.6. The molecule has 5 aromatic rings. The molecule has 54 heavy (non-hydrogen) atoms. The molecular formula is C44H45ClFN3O5. The summed E-state index contributed by atoms with van der Waals surface area (Å²) in [7, 11) is 0. The predicted octanol–water partition coefficient (Wildman–Crippen LogP) is 10.2. The van der Waals surface area contributed by atoms with Crippen LogP contribution in [0.4, 0.5) is 9.18 Å². The number of ether oxygens (including phenoxy) is 2. The second-order valence-electron chi connectivity index (χ2n) is 13.8. The van der Waals surface area contributed by atoms with Crippen LogP contribution in [0.1, 0.15) is 68.4 Å². The van der Waals surface area contributed by atoms with Crippen molar-refractivity contribution in [2.75, 3.05) is 0 Å². The van der Waals surface area contributed by atoms with Crippen molar-refractivity contribution < 1.29 is 28.2 Å². The monoisotopic (exact) mass is 749 g/mol. The summed E-state index contributed by atoms with van der Waals surface area (Å²) in [6.45, 7) is 7.60. The van der Waals surface area contributed by atoms with Crippen molar-refractivity contribution in [1.29, 1.82) is 0 Å². The fourth-order valence-corrected chi connectivity index (χ4v) is 5.94. The highest BCUT2D eigenvalue weighted by molar-refractivity contribution is 6.30. The summed E-state index contributed by atoms with van der Waals surface area (Å²) < 4.78 is 26.1. The lowest BCUT2D eigenvalue weighted by Gasteiger charge is -2.21. The molecule has 5 rings (SSSR count). The number of carbonyl (C=O) groups is 3. The first-order valence-electron chi connectivity index (χ1n) is 17.9. The summed E-state index contributed by atoms with van der Waals surface area (Å²) in [4.78, 5) is 39.9. The highest BCUT2D eigenvalue weighted by Crippen LogP contribution is 2.39. The molecular weight excluding hydrogens is 705 g/mol. The Balaban J connectivity index is 1.47. The van der Waals surface area contributed by atoms with Gasteiger partial charge in [0.05, 0.1) is 0 Å². The molecule has 0 aliphatic carbocycles. The second kappa shape index (κ2) is 18.4. The summed E-state index contributed by atoms with van der Waals surface area (Å²) in [5.41, 5.74) is 3.78. The number of alkyl carbamates (subject to hydrolysis) is 1. The van der Waals surface area contributed by atoms with E-state index in [0.29, 0.717) is 51.6 Å². The number of hydrogen-bond donors (Lipinski definition) is 3. The van der Waals surface area contributed by atoms with Crippen LogP contribution in [0.3, 0.4) is 0 Å². The summed E-state index contributed by atoms with van der Waals surface area (Å²) in [6, 6.07) is 33.1. The predicted molar refractivity (Wildman–Crippen MR) is 211 cm³/mol. The molecule has 10 heteroatoms. The van der Waals surface area contributed by atoms with Crippen molar-refractivity contribution in [3.63, 3.8) is 0 Å². The van der Waals surface area contributed by atoms with Crippen LogP contribution in [-0.4, -0.2) is 29.6 Å². The van der Waals surface area contributed by atoms with Gasteiger partial charge < -0.3 is 25.4 Å². The minimum Gasteiger partial charge on any atom is -0.457 e. The highest BCUT2D eigenvalue weighted by atomic mass is 35.5. The molecule has 0 saturated heterocycles. The van der Waals surface area contributed by atoms with E-state index in [1.807, 2.05) is 61.5 Å². The van der Waals surface area contributed by atoms with Crippen LogP contribution in [0.5, 0.6) is 11.5 Å². The fourth-order valence-electron chi connectivity index (χ4n) is 5.77. The Morgan fingerprint density at radius 2 is 1.54 bits per heavy atom. The largest absolute Gasteiger partial charge is 0.457 e. The molecule has 0 aliphatic rings. The Hall–Kier alpha value is -5.67. The number of halogens is 2. The lowest BCUT2D eigenvalue weighted by Crippen LogP contribution is -2.46. The van der Waals surface area contributed by atoms with Crippen LogP contribution in [0.25, 0.3) is 22.3 Å². The van der Waals surface area contributed by atoms with Crippen molar-refractivity contribution in [2.45, 2.75) is 71.7 Å². The minimum absolute atomic E-state index is 0.00916. The van der Waals surface area contributed by atoms with Crippen LogP contribution < -0.4 is 20.7 Å². The van der Waals surface area contributed by atoms with Gasteiger partial charge in [-0.05, 0) is 91.9 Å². The van der Waals surface area contributed by atoms with Crippen LogP contribution >= 0.6 is 11.6 Å². The van der Waals surface area contributed by atoms with Gasteiger partial charge in [0.1, 0.15) is 29.0 Å². The lowest BCUT2D eigenvalue weighted by molar-refractivity contribution is -0.123. The van der Waals surface area contributed by atoms with E-state index in [1.54, 1.807) is 75.4 Å². The van der Waals surface area contributed by atoms with E-state index in [-0.39, 0.29) is 13.1 Å². The number of benzene rings is 5. The number of rotatable bonds is 14. The van der Waals surface area contributed by atoms with Gasteiger partial charge in [-0.3, -0.25) is 9.59 Å². The molecule has 280 valence electrons. The van der Waals surface area contributed by atoms with Gasteiger partial charge in [0.25, 0.3) is 5.91 Å². The number of nitrogens with one attached hydrogen (secondary N) is 3. The number of carbonyl (C=O) groups excluding carboxylic acids is 3. The van der Waals surface area contributed by atoms with Gasteiger partial charge in [0, 0.05) is 40.9 Å². The average Bonchev–Trinajstić information content (AvgIpc) is 3.15. The highest BCUT2D eigenvalue weighted by Gasteiger charge is 2.25. The van der Waals surface area contributed by atoms with Gasteiger partial charge in [-0.2, -0.15) is 0 Å². The van der Waals surface area contributed by atoms with E-state index in [2.05, 4.69) is 16.0 Å². The van der Waals surface area contributed by atoms with Gasteiger partial charge in [-0.15, -0.1) is 0 Å². The van der Waals surface area contributed by atoms with Crippen molar-refractivity contribution in [2.24, 2.45) is 0 Å². The first-order valence-corrected chi connectivity index (χ1v) is 18.3. The van der Waals surface area contributed by atoms with E-state index in [0.717, 1.165) is 23.1 Å². The zero-order chi connectivity index (χ0) is 38.7. The van der Waals surface area contributed by atoms with Gasteiger partial charge in [0.15, 0.2) is 0 Å². The molecule has 0 saturated carbocycles. The molecule has 0 bridgehead atoms. The van der Waals surface area contributed by atoms with E-state index in [4.69, 9.17) is 21.1 Å². The molecule has 8 nitrogen and oxygen atoms in total. The number of unbranched alkanes of at least 4 members (excludes halogenated alkanes) is 1. The molecule has 3 amide bonds. The first kappa shape index (κ1) is 39.5. The molecule has 1 unspecified atom stereocenters. The van der Waals surface area contributed by atoms with Crippen LogP contribution in [-0.2, 0) is 22.6 Å². The molecule has 0 heterocycles. The van der Waals surface area contributed by atoms with Crippen LogP contribution in [0.2, 0.25) is 5.02 Å². The van der Waals surface area contributed by atoms with Crippen molar-refractivity contribution in [1.82, 2.24) is 16.0 Å². The van der Waals surface area contributed by atoms with Crippen molar-refractivity contribution in [3.05, 3.63) is 143 Å². The Kier molecular flexibility index (Phi) is 13.5. The molecule has 0 aliphatic heterocycles. The topological polar surface area (TPSA) is 106 Å². The second-order valence-corrected chi connectivity index (χ2v) is 14.3. The molecule has 0 fully saturated rings. The minimum atomic E-state index is -0.858. The van der Waals surface area contributed by atoms with Gasteiger partial charge >= 0.3 is 6.09 Å².